The Morgan fingerprint density at radius 2 is 2.00 bits per heavy atom. The Morgan fingerprint density at radius 1 is 1.16 bits per heavy atom. The highest BCUT2D eigenvalue weighted by atomic mass is 35.5. The molecule has 0 bridgehead atoms. The predicted octanol–water partition coefficient (Wildman–Crippen LogP) is 2.75. The van der Waals surface area contributed by atoms with Crippen LogP contribution in [0.15, 0.2) is 41.3 Å². The van der Waals surface area contributed by atoms with E-state index in [4.69, 9.17) is 16.0 Å². The molecule has 0 fully saturated rings. The Bertz CT molecular complexity index is 1080. The lowest BCUT2D eigenvalue weighted by atomic mass is 10.0. The minimum atomic E-state index is -0.329. The molecule has 3 aromatic heterocycles. The maximum atomic E-state index is 12.9. The van der Waals surface area contributed by atoms with Gasteiger partial charge in [0.2, 0.25) is 0 Å². The molecule has 162 valence electrons. The number of carbonyl (C=O) groups is 2. The van der Waals surface area contributed by atoms with Crippen molar-refractivity contribution in [2.24, 2.45) is 5.92 Å². The van der Waals surface area contributed by atoms with Gasteiger partial charge in [-0.05, 0) is 24.1 Å². The summed E-state index contributed by atoms with van der Waals surface area (Å²) in [6, 6.07) is 4.52. The third-order valence-electron chi connectivity index (χ3n) is 5.33. The maximum Gasteiger partial charge on any atom is 0.255 e. The van der Waals surface area contributed by atoms with E-state index in [1.54, 1.807) is 23.1 Å². The summed E-state index contributed by atoms with van der Waals surface area (Å²) in [5.74, 6) is 1.23. The van der Waals surface area contributed by atoms with Crippen molar-refractivity contribution in [3.05, 3.63) is 64.9 Å². The molecule has 0 aromatic carbocycles. The van der Waals surface area contributed by atoms with E-state index < -0.39 is 0 Å². The number of amides is 2. The Kier molecular flexibility index (Phi) is 6.03. The molecule has 2 amide bonds. The lowest BCUT2D eigenvalue weighted by molar-refractivity contribution is 0.0758. The van der Waals surface area contributed by atoms with E-state index in [2.05, 4.69) is 20.5 Å². The van der Waals surface area contributed by atoms with Crippen molar-refractivity contribution >= 4 is 23.4 Å². The summed E-state index contributed by atoms with van der Waals surface area (Å²) in [5.41, 5.74) is 0.958. The van der Waals surface area contributed by atoms with E-state index in [0.29, 0.717) is 43.0 Å². The molecule has 9 nitrogen and oxygen atoms in total. The summed E-state index contributed by atoms with van der Waals surface area (Å²) >= 11 is 5.93. The molecule has 31 heavy (non-hydrogen) atoms. The number of nitrogens with one attached hydrogen (secondary N) is 1. The fourth-order valence-electron chi connectivity index (χ4n) is 3.64. The van der Waals surface area contributed by atoms with E-state index >= 15 is 0 Å². The molecule has 0 aliphatic carbocycles. The molecule has 0 saturated carbocycles. The quantitative estimate of drug-likeness (QED) is 0.609. The van der Waals surface area contributed by atoms with E-state index in [0.717, 1.165) is 5.82 Å². The number of halogens is 1. The first kappa shape index (κ1) is 21.0. The molecule has 1 aliphatic rings. The zero-order valence-corrected chi connectivity index (χ0v) is 18.0. The van der Waals surface area contributed by atoms with Gasteiger partial charge in [0.05, 0.1) is 17.9 Å². The largest absolute Gasteiger partial charge is 0.472 e. The molecular formula is C21H23ClN6O3. The molecule has 10 heteroatoms. The standard InChI is InChI=1S/C21H23ClN6O3/c1-13(2)18(24-20(29)15-5-10-31-12-15)19-26-25-17-4-7-27(8-9-28(17)19)21(30)14-3-6-23-16(22)11-14/h3,5-6,10-13,18H,4,7-9H2,1-2H3,(H,24,29)/t18-/m1/s1. The summed E-state index contributed by atoms with van der Waals surface area (Å²) in [5, 5.41) is 12.0. The molecule has 1 atom stereocenters. The van der Waals surface area contributed by atoms with Crippen molar-refractivity contribution < 1.29 is 14.0 Å². The number of hydrogen-bond donors (Lipinski definition) is 1. The second kappa shape index (κ2) is 8.89. The number of carbonyl (C=O) groups excluding carboxylic acids is 2. The van der Waals surface area contributed by atoms with Crippen LogP contribution in [0.4, 0.5) is 0 Å². The first-order valence-corrected chi connectivity index (χ1v) is 10.5. The number of fused-ring (bicyclic) bond motifs is 1. The Labute approximate surface area is 184 Å². The Hall–Kier alpha value is -3.20. The van der Waals surface area contributed by atoms with Crippen LogP contribution in [0.1, 0.15) is 52.3 Å². The highest BCUT2D eigenvalue weighted by Gasteiger charge is 2.29. The lowest BCUT2D eigenvalue weighted by Crippen LogP contribution is -2.35. The van der Waals surface area contributed by atoms with Gasteiger partial charge in [-0.25, -0.2) is 4.98 Å². The van der Waals surface area contributed by atoms with Crippen molar-refractivity contribution in [1.29, 1.82) is 0 Å². The van der Waals surface area contributed by atoms with Crippen LogP contribution in [0.5, 0.6) is 0 Å². The van der Waals surface area contributed by atoms with Crippen LogP contribution in [0, 0.1) is 5.92 Å². The highest BCUT2D eigenvalue weighted by molar-refractivity contribution is 6.29. The number of aromatic nitrogens is 4. The lowest BCUT2D eigenvalue weighted by Gasteiger charge is -2.23. The van der Waals surface area contributed by atoms with Crippen molar-refractivity contribution in [3.8, 4) is 0 Å². The highest BCUT2D eigenvalue weighted by Crippen LogP contribution is 2.23. The zero-order chi connectivity index (χ0) is 22.0. The molecule has 1 aliphatic heterocycles. The van der Waals surface area contributed by atoms with E-state index in [1.165, 1.54) is 18.7 Å². The topological polar surface area (TPSA) is 106 Å². The van der Waals surface area contributed by atoms with Gasteiger partial charge in [0.15, 0.2) is 5.82 Å². The fraction of sp³-hybridized carbons (Fsp3) is 0.381. The Morgan fingerprint density at radius 3 is 2.71 bits per heavy atom. The summed E-state index contributed by atoms with van der Waals surface area (Å²) in [4.78, 5) is 31.2. The summed E-state index contributed by atoms with van der Waals surface area (Å²) in [6.07, 6.45) is 4.96. The molecule has 0 radical (unpaired) electrons. The van der Waals surface area contributed by atoms with Gasteiger partial charge in [-0.15, -0.1) is 10.2 Å². The second-order valence-corrected chi connectivity index (χ2v) is 8.13. The number of pyridine rings is 1. The first-order valence-electron chi connectivity index (χ1n) is 10.1. The minimum Gasteiger partial charge on any atom is -0.472 e. The van der Waals surface area contributed by atoms with Gasteiger partial charge < -0.3 is 19.2 Å². The average Bonchev–Trinajstić information content (AvgIpc) is 3.38. The second-order valence-electron chi connectivity index (χ2n) is 7.74. The van der Waals surface area contributed by atoms with Gasteiger partial charge >= 0.3 is 0 Å². The molecule has 1 N–H and O–H groups in total. The van der Waals surface area contributed by atoms with Gasteiger partial charge in [-0.3, -0.25) is 9.59 Å². The molecule has 0 spiro atoms. The third-order valence-corrected chi connectivity index (χ3v) is 5.54. The first-order chi connectivity index (χ1) is 14.9. The van der Waals surface area contributed by atoms with Gasteiger partial charge in [-0.1, -0.05) is 25.4 Å². The molecule has 0 saturated heterocycles. The molecule has 0 unspecified atom stereocenters. The number of furan rings is 1. The number of hydrogen-bond acceptors (Lipinski definition) is 6. The summed E-state index contributed by atoms with van der Waals surface area (Å²) in [6.45, 7) is 5.58. The van der Waals surface area contributed by atoms with Gasteiger partial charge in [-0.2, -0.15) is 0 Å². The fourth-order valence-corrected chi connectivity index (χ4v) is 3.82. The molecule has 4 rings (SSSR count). The van der Waals surface area contributed by atoms with Gasteiger partial charge in [0.25, 0.3) is 11.8 Å². The Balaban J connectivity index is 1.52. The van der Waals surface area contributed by atoms with Crippen molar-refractivity contribution in [1.82, 2.24) is 30.0 Å². The minimum absolute atomic E-state index is 0.0871. The molecular weight excluding hydrogens is 420 g/mol. The van der Waals surface area contributed by atoms with Crippen LogP contribution in [0.2, 0.25) is 5.15 Å². The van der Waals surface area contributed by atoms with Crippen LogP contribution < -0.4 is 5.32 Å². The number of nitrogens with zero attached hydrogens (tertiary/aromatic N) is 5. The van der Waals surface area contributed by atoms with E-state index in [9.17, 15) is 9.59 Å². The van der Waals surface area contributed by atoms with Crippen LogP contribution in [-0.4, -0.2) is 49.6 Å². The zero-order valence-electron chi connectivity index (χ0n) is 17.3. The SMILES string of the molecule is CC(C)[C@@H](NC(=O)c1ccoc1)c1nnc2n1CCN(C(=O)c1ccnc(Cl)c1)CC2. The van der Waals surface area contributed by atoms with Crippen LogP contribution >= 0.6 is 11.6 Å². The predicted molar refractivity (Wildman–Crippen MR) is 113 cm³/mol. The van der Waals surface area contributed by atoms with Crippen LogP contribution in [-0.2, 0) is 13.0 Å². The smallest absolute Gasteiger partial charge is 0.255 e. The van der Waals surface area contributed by atoms with E-state index in [-0.39, 0.29) is 28.9 Å². The van der Waals surface area contributed by atoms with Gasteiger partial charge in [0.1, 0.15) is 17.2 Å². The summed E-state index contributed by atoms with van der Waals surface area (Å²) < 4.78 is 7.02. The number of rotatable bonds is 5. The van der Waals surface area contributed by atoms with Crippen LogP contribution in [0.3, 0.4) is 0 Å². The maximum absolute atomic E-state index is 12.9. The molecule has 3 aromatic rings. The van der Waals surface area contributed by atoms with Crippen LogP contribution in [0.25, 0.3) is 0 Å². The van der Waals surface area contributed by atoms with Crippen molar-refractivity contribution in [2.75, 3.05) is 13.1 Å². The van der Waals surface area contributed by atoms with Gasteiger partial charge in [0, 0.05) is 37.8 Å². The molecule has 4 heterocycles. The van der Waals surface area contributed by atoms with Crippen molar-refractivity contribution in [2.45, 2.75) is 32.9 Å². The average molecular weight is 443 g/mol. The van der Waals surface area contributed by atoms with E-state index in [1.807, 2.05) is 18.4 Å². The monoisotopic (exact) mass is 442 g/mol. The third kappa shape index (κ3) is 4.46. The van der Waals surface area contributed by atoms with Crippen molar-refractivity contribution in [3.63, 3.8) is 0 Å². The normalized spacial score (nSPS) is 14.8. The summed E-state index contributed by atoms with van der Waals surface area (Å²) in [7, 11) is 0.